The van der Waals surface area contributed by atoms with E-state index in [1.165, 1.54) is 0 Å². The lowest BCUT2D eigenvalue weighted by atomic mass is 10.2. The molecule has 2 aliphatic heterocycles. The van der Waals surface area contributed by atoms with Crippen LogP contribution in [0.1, 0.15) is 50.4 Å². The second-order valence-corrected chi connectivity index (χ2v) is 5.43. The van der Waals surface area contributed by atoms with Gasteiger partial charge in [0, 0.05) is 19.3 Å². The Labute approximate surface area is 119 Å². The lowest BCUT2D eigenvalue weighted by Gasteiger charge is -2.23. The number of nitrogen functional groups attached to an aromatic ring is 1. The lowest BCUT2D eigenvalue weighted by molar-refractivity contribution is -0.169. The fraction of sp³-hybridized carbons (Fsp3) is 0.786. The van der Waals surface area contributed by atoms with Gasteiger partial charge in [0.2, 0.25) is 0 Å². The van der Waals surface area contributed by atoms with E-state index in [4.69, 9.17) is 19.9 Å². The summed E-state index contributed by atoms with van der Waals surface area (Å²) in [4.78, 5) is 0. The Morgan fingerprint density at radius 3 is 2.70 bits per heavy atom. The van der Waals surface area contributed by atoms with Gasteiger partial charge >= 0.3 is 0 Å². The van der Waals surface area contributed by atoms with Gasteiger partial charge in [-0.3, -0.25) is 0 Å². The monoisotopic (exact) mass is 281 g/mol. The summed E-state index contributed by atoms with van der Waals surface area (Å²) >= 11 is 0. The van der Waals surface area contributed by atoms with E-state index in [1.54, 1.807) is 4.68 Å². The molecule has 0 saturated carbocycles. The van der Waals surface area contributed by atoms with Crippen LogP contribution >= 0.6 is 0 Å². The van der Waals surface area contributed by atoms with Crippen molar-refractivity contribution in [2.24, 2.45) is 0 Å². The van der Waals surface area contributed by atoms with E-state index in [0.717, 1.165) is 57.4 Å². The first-order valence-electron chi connectivity index (χ1n) is 7.51. The first-order chi connectivity index (χ1) is 9.83. The first kappa shape index (κ1) is 13.9. The zero-order valence-corrected chi connectivity index (χ0v) is 11.8. The summed E-state index contributed by atoms with van der Waals surface area (Å²) in [5.41, 5.74) is 6.85. The van der Waals surface area contributed by atoms with Crippen molar-refractivity contribution in [1.29, 1.82) is 0 Å². The van der Waals surface area contributed by atoms with Crippen molar-refractivity contribution in [3.8, 4) is 0 Å². The Kier molecular flexibility index (Phi) is 4.54. The molecule has 0 amide bonds. The molecule has 1 aromatic rings. The average Bonchev–Trinajstić information content (AvgIpc) is 2.88. The number of nitrogens with two attached hydrogens (primary N) is 1. The zero-order valence-electron chi connectivity index (χ0n) is 11.8. The van der Waals surface area contributed by atoms with E-state index in [1.807, 2.05) is 6.07 Å². The van der Waals surface area contributed by atoms with Gasteiger partial charge in [-0.15, -0.1) is 0 Å². The van der Waals surface area contributed by atoms with Crippen LogP contribution in [0.2, 0.25) is 0 Å². The van der Waals surface area contributed by atoms with Crippen LogP contribution in [-0.2, 0) is 20.8 Å². The fourth-order valence-electron chi connectivity index (χ4n) is 2.70. The van der Waals surface area contributed by atoms with Crippen molar-refractivity contribution in [3.05, 3.63) is 11.8 Å². The third-order valence-electron chi connectivity index (χ3n) is 3.80. The average molecular weight is 281 g/mol. The predicted octanol–water partition coefficient (Wildman–Crippen LogP) is 2.21. The van der Waals surface area contributed by atoms with Crippen LogP contribution in [0, 0.1) is 0 Å². The van der Waals surface area contributed by atoms with E-state index in [2.05, 4.69) is 5.10 Å². The highest BCUT2D eigenvalue weighted by molar-refractivity contribution is 5.31. The molecule has 3 heterocycles. The van der Waals surface area contributed by atoms with Gasteiger partial charge in [-0.1, -0.05) is 0 Å². The van der Waals surface area contributed by atoms with E-state index in [0.29, 0.717) is 12.4 Å². The second-order valence-electron chi connectivity index (χ2n) is 5.43. The Hall–Kier alpha value is -1.11. The Morgan fingerprint density at radius 2 is 2.00 bits per heavy atom. The van der Waals surface area contributed by atoms with Crippen molar-refractivity contribution in [3.63, 3.8) is 0 Å². The number of anilines is 1. The molecule has 6 nitrogen and oxygen atoms in total. The molecule has 2 N–H and O–H groups in total. The Balaban J connectivity index is 1.56. The van der Waals surface area contributed by atoms with Crippen molar-refractivity contribution >= 4 is 5.82 Å². The largest absolute Gasteiger partial charge is 0.384 e. The van der Waals surface area contributed by atoms with Crippen molar-refractivity contribution in [2.45, 2.75) is 57.6 Å². The van der Waals surface area contributed by atoms with Crippen LogP contribution in [0.3, 0.4) is 0 Å². The molecule has 20 heavy (non-hydrogen) atoms. The number of nitrogens with zero attached hydrogens (tertiary/aromatic N) is 2. The van der Waals surface area contributed by atoms with Gasteiger partial charge in [0.15, 0.2) is 12.5 Å². The summed E-state index contributed by atoms with van der Waals surface area (Å²) in [5, 5.41) is 4.50. The third-order valence-corrected chi connectivity index (χ3v) is 3.80. The minimum atomic E-state index is -0.0962. The molecule has 2 fully saturated rings. The minimum Gasteiger partial charge on any atom is -0.384 e. The van der Waals surface area contributed by atoms with Crippen molar-refractivity contribution in [2.75, 3.05) is 18.9 Å². The molecule has 112 valence electrons. The first-order valence-corrected chi connectivity index (χ1v) is 7.51. The summed E-state index contributed by atoms with van der Waals surface area (Å²) in [6.45, 7) is 2.01. The molecular formula is C14H23N3O3. The number of hydrogen-bond acceptors (Lipinski definition) is 5. The molecule has 0 spiro atoms. The topological polar surface area (TPSA) is 71.5 Å². The number of rotatable bonds is 4. The maximum atomic E-state index is 6.01. The van der Waals surface area contributed by atoms with Gasteiger partial charge in [-0.2, -0.15) is 5.10 Å². The number of ether oxygens (including phenoxy) is 3. The van der Waals surface area contributed by atoms with Crippen LogP contribution in [0.15, 0.2) is 6.07 Å². The van der Waals surface area contributed by atoms with E-state index in [-0.39, 0.29) is 12.5 Å². The summed E-state index contributed by atoms with van der Waals surface area (Å²) in [6, 6.07) is 1.86. The molecule has 0 aliphatic carbocycles. The Bertz CT molecular complexity index is 423. The summed E-state index contributed by atoms with van der Waals surface area (Å²) in [7, 11) is 0. The molecule has 2 saturated heterocycles. The summed E-state index contributed by atoms with van der Waals surface area (Å²) < 4.78 is 18.8. The minimum absolute atomic E-state index is 0.0246. The third kappa shape index (κ3) is 3.31. The highest BCUT2D eigenvalue weighted by Gasteiger charge is 2.20. The standard InChI is InChI=1S/C14H23N3O3/c15-12-9-11(10-20-14-6-2-4-8-19-14)16-17(12)13-5-1-3-7-18-13/h9,13-14H,1-8,10,15H2. The summed E-state index contributed by atoms with van der Waals surface area (Å²) in [6.07, 6.45) is 6.38. The maximum Gasteiger partial charge on any atom is 0.158 e. The Morgan fingerprint density at radius 1 is 1.20 bits per heavy atom. The smallest absolute Gasteiger partial charge is 0.158 e. The molecule has 6 heteroatoms. The van der Waals surface area contributed by atoms with Crippen LogP contribution < -0.4 is 5.73 Å². The van der Waals surface area contributed by atoms with Crippen LogP contribution in [0.4, 0.5) is 5.82 Å². The van der Waals surface area contributed by atoms with E-state index < -0.39 is 0 Å². The van der Waals surface area contributed by atoms with Gasteiger partial charge in [0.25, 0.3) is 0 Å². The lowest BCUT2D eigenvalue weighted by Crippen LogP contribution is -2.22. The molecular weight excluding hydrogens is 258 g/mol. The number of aromatic nitrogens is 2. The van der Waals surface area contributed by atoms with Gasteiger partial charge < -0.3 is 19.9 Å². The van der Waals surface area contributed by atoms with E-state index >= 15 is 0 Å². The van der Waals surface area contributed by atoms with Crippen LogP contribution in [-0.4, -0.2) is 29.3 Å². The quantitative estimate of drug-likeness (QED) is 0.916. The van der Waals surface area contributed by atoms with Gasteiger partial charge in [-0.05, 0) is 38.5 Å². The fourth-order valence-corrected chi connectivity index (χ4v) is 2.70. The summed E-state index contributed by atoms with van der Waals surface area (Å²) in [5.74, 6) is 0.639. The number of hydrogen-bond donors (Lipinski definition) is 1. The van der Waals surface area contributed by atoms with Crippen molar-refractivity contribution in [1.82, 2.24) is 9.78 Å². The van der Waals surface area contributed by atoms with Crippen molar-refractivity contribution < 1.29 is 14.2 Å². The van der Waals surface area contributed by atoms with Gasteiger partial charge in [0.05, 0.1) is 12.3 Å². The molecule has 0 bridgehead atoms. The zero-order chi connectivity index (χ0) is 13.8. The van der Waals surface area contributed by atoms with Gasteiger partial charge in [0.1, 0.15) is 5.82 Å². The molecule has 2 unspecified atom stereocenters. The van der Waals surface area contributed by atoms with Crippen LogP contribution in [0.25, 0.3) is 0 Å². The SMILES string of the molecule is Nc1cc(COC2CCCCO2)nn1C1CCCCO1. The molecule has 0 aromatic carbocycles. The van der Waals surface area contributed by atoms with Gasteiger partial charge in [-0.25, -0.2) is 4.68 Å². The molecule has 1 aromatic heterocycles. The molecule has 2 aliphatic rings. The highest BCUT2D eigenvalue weighted by atomic mass is 16.7. The second kappa shape index (κ2) is 6.56. The normalized spacial score (nSPS) is 27.6. The van der Waals surface area contributed by atoms with Crippen LogP contribution in [0.5, 0.6) is 0 Å². The van der Waals surface area contributed by atoms with E-state index in [9.17, 15) is 0 Å². The molecule has 3 rings (SSSR count). The molecule has 0 radical (unpaired) electrons. The highest BCUT2D eigenvalue weighted by Crippen LogP contribution is 2.25. The predicted molar refractivity (Wildman–Crippen MR) is 73.9 cm³/mol. The molecule has 2 atom stereocenters. The maximum absolute atomic E-state index is 6.01.